The second-order valence-corrected chi connectivity index (χ2v) is 7.77. The van der Waals surface area contributed by atoms with Crippen molar-refractivity contribution in [3.63, 3.8) is 0 Å². The van der Waals surface area contributed by atoms with Gasteiger partial charge in [0.1, 0.15) is 0 Å². The lowest BCUT2D eigenvalue weighted by Gasteiger charge is -2.33. The van der Waals surface area contributed by atoms with E-state index in [1.165, 1.54) is 12.8 Å². The summed E-state index contributed by atoms with van der Waals surface area (Å²) >= 11 is 0. The summed E-state index contributed by atoms with van der Waals surface area (Å²) in [7, 11) is 0. The number of nitrogens with zero attached hydrogens (tertiary/aromatic N) is 1. The van der Waals surface area contributed by atoms with Crippen molar-refractivity contribution in [3.05, 3.63) is 0 Å². The summed E-state index contributed by atoms with van der Waals surface area (Å²) in [6.07, 6.45) is 5.50. The highest BCUT2D eigenvalue weighted by Gasteiger charge is 2.51. The molecule has 1 N–H and O–H groups in total. The van der Waals surface area contributed by atoms with E-state index in [1.54, 1.807) is 0 Å². The van der Waals surface area contributed by atoms with Gasteiger partial charge < -0.3 is 14.8 Å². The number of amides is 1. The van der Waals surface area contributed by atoms with Crippen LogP contribution in [0.15, 0.2) is 0 Å². The third-order valence-electron chi connectivity index (χ3n) is 6.06. The maximum absolute atomic E-state index is 12.0. The van der Waals surface area contributed by atoms with Gasteiger partial charge in [0.25, 0.3) is 0 Å². The second-order valence-electron chi connectivity index (χ2n) is 7.77. The van der Waals surface area contributed by atoms with Gasteiger partial charge in [-0.2, -0.15) is 0 Å². The van der Waals surface area contributed by atoms with Crippen molar-refractivity contribution >= 4 is 5.91 Å². The molecule has 0 aromatic rings. The first-order valence-corrected chi connectivity index (χ1v) is 8.91. The molecule has 1 saturated carbocycles. The van der Waals surface area contributed by atoms with Gasteiger partial charge in [-0.3, -0.25) is 9.69 Å². The molecular formula is C17H28N2O3. The van der Waals surface area contributed by atoms with Crippen LogP contribution in [-0.4, -0.2) is 62.9 Å². The number of carbonyl (C=O) groups is 1. The van der Waals surface area contributed by atoms with E-state index < -0.39 is 0 Å². The van der Waals surface area contributed by atoms with Gasteiger partial charge in [0.2, 0.25) is 5.91 Å². The molecule has 1 aliphatic carbocycles. The molecule has 4 aliphatic rings. The van der Waals surface area contributed by atoms with E-state index in [4.69, 9.17) is 9.47 Å². The van der Waals surface area contributed by atoms with Crippen LogP contribution in [0.3, 0.4) is 0 Å². The topological polar surface area (TPSA) is 50.8 Å². The van der Waals surface area contributed by atoms with E-state index in [1.807, 2.05) is 0 Å². The molecule has 3 saturated heterocycles. The van der Waals surface area contributed by atoms with Gasteiger partial charge in [-0.25, -0.2) is 0 Å². The fourth-order valence-electron chi connectivity index (χ4n) is 4.38. The van der Waals surface area contributed by atoms with Gasteiger partial charge in [-0.05, 0) is 31.6 Å². The molecule has 1 amide bonds. The van der Waals surface area contributed by atoms with Crippen LogP contribution in [0.5, 0.6) is 0 Å². The summed E-state index contributed by atoms with van der Waals surface area (Å²) in [4.78, 5) is 14.7. The number of hydrogen-bond donors (Lipinski definition) is 1. The molecular weight excluding hydrogens is 280 g/mol. The molecule has 4 rings (SSSR count). The Hall–Kier alpha value is -0.650. The average Bonchev–Trinajstić information content (AvgIpc) is 3.14. The Kier molecular flexibility index (Phi) is 4.13. The Labute approximate surface area is 132 Å². The third kappa shape index (κ3) is 3.03. The Balaban J connectivity index is 1.34. The van der Waals surface area contributed by atoms with Crippen LogP contribution in [0.2, 0.25) is 0 Å². The standard InChI is InChI=1S/C17H28N2O3/c20-16(7-13-1-2-13)18-10-17-11-19(8-14(17)9-22-12-17)15-3-5-21-6-4-15/h13-15H,1-12H2,(H,18,20)/t14-,17+/m1/s1. The zero-order valence-electron chi connectivity index (χ0n) is 13.4. The van der Waals surface area contributed by atoms with Crippen LogP contribution in [0.4, 0.5) is 0 Å². The van der Waals surface area contributed by atoms with Crippen molar-refractivity contribution in [1.82, 2.24) is 10.2 Å². The van der Waals surface area contributed by atoms with E-state index in [0.717, 1.165) is 65.3 Å². The van der Waals surface area contributed by atoms with Crippen molar-refractivity contribution in [2.24, 2.45) is 17.3 Å². The number of likely N-dealkylation sites (tertiary alicyclic amines) is 1. The fourth-order valence-corrected chi connectivity index (χ4v) is 4.38. The van der Waals surface area contributed by atoms with Gasteiger partial charge in [-0.15, -0.1) is 0 Å². The Morgan fingerprint density at radius 1 is 1.18 bits per heavy atom. The minimum absolute atomic E-state index is 0.150. The highest BCUT2D eigenvalue weighted by molar-refractivity contribution is 5.76. The lowest BCUT2D eigenvalue weighted by molar-refractivity contribution is -0.122. The number of hydrogen-bond acceptors (Lipinski definition) is 4. The van der Waals surface area contributed by atoms with Gasteiger partial charge in [0.15, 0.2) is 0 Å². The van der Waals surface area contributed by atoms with Crippen LogP contribution in [0.1, 0.15) is 32.1 Å². The Bertz CT molecular complexity index is 420. The molecule has 0 aromatic heterocycles. The highest BCUT2D eigenvalue weighted by Crippen LogP contribution is 2.42. The molecule has 0 spiro atoms. The van der Waals surface area contributed by atoms with Gasteiger partial charge in [-0.1, -0.05) is 0 Å². The molecule has 124 valence electrons. The van der Waals surface area contributed by atoms with E-state index in [9.17, 15) is 4.79 Å². The SMILES string of the molecule is O=C(CC1CC1)NC[C@]12COC[C@H]1CN(C1CCOCC1)C2. The number of ether oxygens (including phenoxy) is 2. The third-order valence-corrected chi connectivity index (χ3v) is 6.06. The van der Waals surface area contributed by atoms with E-state index >= 15 is 0 Å². The molecule has 2 atom stereocenters. The summed E-state index contributed by atoms with van der Waals surface area (Å²) in [6.45, 7) is 6.46. The summed E-state index contributed by atoms with van der Waals surface area (Å²) in [5.74, 6) is 1.49. The zero-order valence-corrected chi connectivity index (χ0v) is 13.4. The summed E-state index contributed by atoms with van der Waals surface area (Å²) in [5, 5.41) is 3.21. The van der Waals surface area contributed by atoms with Crippen molar-refractivity contribution < 1.29 is 14.3 Å². The molecule has 0 bridgehead atoms. The van der Waals surface area contributed by atoms with Crippen LogP contribution >= 0.6 is 0 Å². The second kappa shape index (κ2) is 6.10. The van der Waals surface area contributed by atoms with Gasteiger partial charge >= 0.3 is 0 Å². The van der Waals surface area contributed by atoms with E-state index in [0.29, 0.717) is 17.9 Å². The minimum atomic E-state index is 0.150. The summed E-state index contributed by atoms with van der Waals surface area (Å²) < 4.78 is 11.3. The van der Waals surface area contributed by atoms with Crippen LogP contribution < -0.4 is 5.32 Å². The first kappa shape index (κ1) is 14.9. The quantitative estimate of drug-likeness (QED) is 0.824. The molecule has 3 aliphatic heterocycles. The molecule has 5 nitrogen and oxygen atoms in total. The Morgan fingerprint density at radius 3 is 2.77 bits per heavy atom. The van der Waals surface area contributed by atoms with Gasteiger partial charge in [0, 0.05) is 56.6 Å². The van der Waals surface area contributed by atoms with Gasteiger partial charge in [0.05, 0.1) is 13.2 Å². The first-order valence-electron chi connectivity index (χ1n) is 8.91. The number of carbonyl (C=O) groups excluding carboxylic acids is 1. The normalized spacial score (nSPS) is 36.5. The monoisotopic (exact) mass is 308 g/mol. The lowest BCUT2D eigenvalue weighted by atomic mass is 9.81. The first-order chi connectivity index (χ1) is 10.8. The smallest absolute Gasteiger partial charge is 0.220 e. The molecule has 22 heavy (non-hydrogen) atoms. The molecule has 3 heterocycles. The number of nitrogens with one attached hydrogen (secondary N) is 1. The average molecular weight is 308 g/mol. The molecule has 0 aromatic carbocycles. The van der Waals surface area contributed by atoms with Crippen LogP contribution in [0.25, 0.3) is 0 Å². The lowest BCUT2D eigenvalue weighted by Crippen LogP contribution is -2.45. The van der Waals surface area contributed by atoms with E-state index in [2.05, 4.69) is 10.2 Å². The predicted molar refractivity (Wildman–Crippen MR) is 82.5 cm³/mol. The minimum Gasteiger partial charge on any atom is -0.381 e. The molecule has 5 heteroatoms. The van der Waals surface area contributed by atoms with Crippen molar-refractivity contribution in [2.75, 3.05) is 46.1 Å². The molecule has 0 radical (unpaired) electrons. The largest absolute Gasteiger partial charge is 0.381 e. The van der Waals surface area contributed by atoms with Crippen molar-refractivity contribution in [2.45, 2.75) is 38.1 Å². The maximum Gasteiger partial charge on any atom is 0.220 e. The fraction of sp³-hybridized carbons (Fsp3) is 0.941. The van der Waals surface area contributed by atoms with Crippen LogP contribution in [-0.2, 0) is 14.3 Å². The Morgan fingerprint density at radius 2 is 2.00 bits per heavy atom. The number of fused-ring (bicyclic) bond motifs is 1. The highest BCUT2D eigenvalue weighted by atomic mass is 16.5. The predicted octanol–water partition coefficient (Wildman–Crippen LogP) is 1.03. The number of rotatable bonds is 5. The van der Waals surface area contributed by atoms with Crippen molar-refractivity contribution in [3.8, 4) is 0 Å². The molecule has 0 unspecified atom stereocenters. The summed E-state index contributed by atoms with van der Waals surface area (Å²) in [5.41, 5.74) is 0.150. The van der Waals surface area contributed by atoms with Crippen molar-refractivity contribution in [1.29, 1.82) is 0 Å². The molecule has 4 fully saturated rings. The van der Waals surface area contributed by atoms with Crippen LogP contribution in [0, 0.1) is 17.3 Å². The summed E-state index contributed by atoms with van der Waals surface area (Å²) in [6, 6.07) is 0.665. The maximum atomic E-state index is 12.0. The van der Waals surface area contributed by atoms with E-state index in [-0.39, 0.29) is 11.3 Å². The zero-order chi connectivity index (χ0) is 15.0.